The highest BCUT2D eigenvalue weighted by molar-refractivity contribution is 7.08. The number of nitrogens with one attached hydrogen (secondary N) is 2. The lowest BCUT2D eigenvalue weighted by Crippen LogP contribution is -2.28. The first-order chi connectivity index (χ1) is 9.60. The molecule has 2 amide bonds. The summed E-state index contributed by atoms with van der Waals surface area (Å²) >= 11 is 0.997. The van der Waals surface area contributed by atoms with Gasteiger partial charge in [0.15, 0.2) is 0 Å². The van der Waals surface area contributed by atoms with Crippen LogP contribution in [0, 0.1) is 5.92 Å². The fourth-order valence-electron chi connectivity index (χ4n) is 2.51. The molecule has 0 radical (unpaired) electrons. The summed E-state index contributed by atoms with van der Waals surface area (Å²) in [5.74, 6) is -0.0443. The van der Waals surface area contributed by atoms with E-state index in [0.29, 0.717) is 22.9 Å². The number of carbonyl (C=O) groups excluding carboxylic acids is 2. The van der Waals surface area contributed by atoms with Crippen LogP contribution < -0.4 is 10.8 Å². The van der Waals surface area contributed by atoms with Crippen molar-refractivity contribution in [1.29, 1.82) is 0 Å². The molecule has 0 bridgehead atoms. The number of nitrogens with zero attached hydrogens (tertiary/aromatic N) is 1. The number of carbonyl (C=O) groups is 2. The largest absolute Gasteiger partial charge is 0.348 e. The van der Waals surface area contributed by atoms with E-state index in [2.05, 4.69) is 9.69 Å². The zero-order valence-corrected chi connectivity index (χ0v) is 12.2. The van der Waals surface area contributed by atoms with Crippen molar-refractivity contribution in [2.45, 2.75) is 45.1 Å². The highest BCUT2D eigenvalue weighted by Gasteiger charge is 2.21. The molecule has 0 aromatic carbocycles. The zero-order valence-electron chi connectivity index (χ0n) is 11.4. The lowest BCUT2D eigenvalue weighted by atomic mass is 10.0. The van der Waals surface area contributed by atoms with E-state index in [4.69, 9.17) is 5.21 Å². The van der Waals surface area contributed by atoms with E-state index in [1.165, 1.54) is 12.8 Å². The molecule has 1 aromatic rings. The van der Waals surface area contributed by atoms with E-state index < -0.39 is 5.91 Å². The molecule has 0 unspecified atom stereocenters. The van der Waals surface area contributed by atoms with E-state index >= 15 is 0 Å². The Bertz CT molecular complexity index is 483. The van der Waals surface area contributed by atoms with Gasteiger partial charge in [-0.05, 0) is 43.3 Å². The number of rotatable bonds is 5. The van der Waals surface area contributed by atoms with Gasteiger partial charge in [0.1, 0.15) is 4.88 Å². The first-order valence-corrected chi connectivity index (χ1v) is 7.58. The summed E-state index contributed by atoms with van der Waals surface area (Å²) in [5.41, 5.74) is 2.20. The summed E-state index contributed by atoms with van der Waals surface area (Å²) in [6, 6.07) is 1.34. The fraction of sp³-hybridized carbons (Fsp3) is 0.615. The predicted octanol–water partition coefficient (Wildman–Crippen LogP) is 2.02. The van der Waals surface area contributed by atoms with Crippen LogP contribution in [-0.2, 0) is 4.79 Å². The molecule has 1 heterocycles. The SMILES string of the molecule is C[C@H](NC(=O)CC1CCCC1)c1cc(C(=O)NO)sn1. The van der Waals surface area contributed by atoms with Crippen molar-refractivity contribution in [3.05, 3.63) is 16.6 Å². The van der Waals surface area contributed by atoms with Crippen molar-refractivity contribution in [2.24, 2.45) is 5.92 Å². The van der Waals surface area contributed by atoms with Crippen molar-refractivity contribution in [3.8, 4) is 0 Å². The molecule has 1 aliphatic carbocycles. The number of aromatic nitrogens is 1. The van der Waals surface area contributed by atoms with E-state index in [1.807, 2.05) is 6.92 Å². The van der Waals surface area contributed by atoms with Crippen LogP contribution in [0.25, 0.3) is 0 Å². The van der Waals surface area contributed by atoms with Crippen molar-refractivity contribution < 1.29 is 14.8 Å². The standard InChI is InChI=1S/C13H19N3O3S/c1-8(10-7-11(20-16-10)13(18)15-19)14-12(17)6-9-4-2-3-5-9/h7-9,19H,2-6H2,1H3,(H,14,17)(H,15,18)/t8-/m0/s1. The second-order valence-electron chi connectivity index (χ2n) is 5.20. The van der Waals surface area contributed by atoms with Crippen LogP contribution >= 0.6 is 11.5 Å². The predicted molar refractivity (Wildman–Crippen MR) is 74.5 cm³/mol. The Balaban J connectivity index is 1.87. The molecule has 3 N–H and O–H groups in total. The third-order valence-corrected chi connectivity index (χ3v) is 4.43. The van der Waals surface area contributed by atoms with Gasteiger partial charge in [-0.1, -0.05) is 12.8 Å². The molecule has 20 heavy (non-hydrogen) atoms. The Morgan fingerprint density at radius 3 is 2.85 bits per heavy atom. The van der Waals surface area contributed by atoms with Crippen molar-refractivity contribution in [2.75, 3.05) is 0 Å². The molecular weight excluding hydrogens is 278 g/mol. The molecule has 7 heteroatoms. The Kier molecular flexibility index (Phi) is 5.08. The van der Waals surface area contributed by atoms with Gasteiger partial charge in [-0.3, -0.25) is 14.8 Å². The monoisotopic (exact) mass is 297 g/mol. The minimum atomic E-state index is -0.585. The summed E-state index contributed by atoms with van der Waals surface area (Å²) in [5, 5.41) is 11.5. The van der Waals surface area contributed by atoms with Gasteiger partial charge in [0.2, 0.25) is 5.91 Å². The van der Waals surface area contributed by atoms with Gasteiger partial charge in [-0.25, -0.2) is 5.48 Å². The maximum atomic E-state index is 11.9. The second kappa shape index (κ2) is 6.81. The van der Waals surface area contributed by atoms with Gasteiger partial charge < -0.3 is 5.32 Å². The highest BCUT2D eigenvalue weighted by Crippen LogP contribution is 2.27. The fourth-order valence-corrected chi connectivity index (χ4v) is 3.22. The molecule has 1 atom stereocenters. The molecule has 2 rings (SSSR count). The molecule has 1 fully saturated rings. The lowest BCUT2D eigenvalue weighted by Gasteiger charge is -2.13. The number of amides is 2. The summed E-state index contributed by atoms with van der Waals surface area (Å²) in [4.78, 5) is 23.5. The minimum Gasteiger partial charge on any atom is -0.348 e. The van der Waals surface area contributed by atoms with Crippen molar-refractivity contribution in [1.82, 2.24) is 15.2 Å². The van der Waals surface area contributed by atoms with E-state index in [0.717, 1.165) is 24.4 Å². The summed E-state index contributed by atoms with van der Waals surface area (Å²) in [6.07, 6.45) is 5.29. The molecule has 0 spiro atoms. The van der Waals surface area contributed by atoms with E-state index in [9.17, 15) is 9.59 Å². The average Bonchev–Trinajstić information content (AvgIpc) is 3.08. The minimum absolute atomic E-state index is 0.0329. The highest BCUT2D eigenvalue weighted by atomic mass is 32.1. The van der Waals surface area contributed by atoms with Crippen LogP contribution in [0.3, 0.4) is 0 Å². The Labute approximate surface area is 121 Å². The summed E-state index contributed by atoms with van der Waals surface area (Å²) in [6.45, 7) is 1.84. The Morgan fingerprint density at radius 1 is 1.50 bits per heavy atom. The second-order valence-corrected chi connectivity index (χ2v) is 6.01. The summed E-state index contributed by atoms with van der Waals surface area (Å²) in [7, 11) is 0. The van der Waals surface area contributed by atoms with Crippen LogP contribution in [0.4, 0.5) is 0 Å². The Morgan fingerprint density at radius 2 is 2.20 bits per heavy atom. The number of hydrogen-bond acceptors (Lipinski definition) is 5. The van der Waals surface area contributed by atoms with Gasteiger partial charge in [-0.2, -0.15) is 4.37 Å². The topological polar surface area (TPSA) is 91.3 Å². The van der Waals surface area contributed by atoms with Gasteiger partial charge in [0.25, 0.3) is 5.91 Å². The smallest absolute Gasteiger partial charge is 0.286 e. The zero-order chi connectivity index (χ0) is 14.5. The first kappa shape index (κ1) is 14.9. The molecule has 1 saturated carbocycles. The van der Waals surface area contributed by atoms with Crippen LogP contribution in [0.5, 0.6) is 0 Å². The molecule has 0 saturated heterocycles. The van der Waals surface area contributed by atoms with Gasteiger partial charge in [0.05, 0.1) is 11.7 Å². The van der Waals surface area contributed by atoms with Crippen molar-refractivity contribution in [3.63, 3.8) is 0 Å². The third kappa shape index (κ3) is 3.77. The van der Waals surface area contributed by atoms with E-state index in [-0.39, 0.29) is 11.9 Å². The molecule has 1 aliphatic rings. The van der Waals surface area contributed by atoms with Crippen molar-refractivity contribution >= 4 is 23.3 Å². The van der Waals surface area contributed by atoms with Gasteiger partial charge in [-0.15, -0.1) is 0 Å². The van der Waals surface area contributed by atoms with Crippen LogP contribution in [0.15, 0.2) is 6.07 Å². The maximum absolute atomic E-state index is 11.9. The first-order valence-electron chi connectivity index (χ1n) is 6.80. The molecule has 1 aromatic heterocycles. The van der Waals surface area contributed by atoms with Crippen LogP contribution in [0.1, 0.15) is 60.4 Å². The third-order valence-electron chi connectivity index (χ3n) is 3.62. The molecule has 0 aliphatic heterocycles. The van der Waals surface area contributed by atoms with Gasteiger partial charge >= 0.3 is 0 Å². The maximum Gasteiger partial charge on any atom is 0.286 e. The number of hydroxylamine groups is 1. The lowest BCUT2D eigenvalue weighted by molar-refractivity contribution is -0.122. The van der Waals surface area contributed by atoms with Crippen LogP contribution in [0.2, 0.25) is 0 Å². The molecular formula is C13H19N3O3S. The summed E-state index contributed by atoms with van der Waals surface area (Å²) < 4.78 is 4.13. The Hall–Kier alpha value is -1.47. The van der Waals surface area contributed by atoms with E-state index in [1.54, 1.807) is 11.5 Å². The quantitative estimate of drug-likeness (QED) is 0.573. The normalized spacial score (nSPS) is 16.9. The van der Waals surface area contributed by atoms with Crippen LogP contribution in [-0.4, -0.2) is 21.4 Å². The van der Waals surface area contributed by atoms with Gasteiger partial charge in [0, 0.05) is 6.42 Å². The average molecular weight is 297 g/mol. The molecule has 6 nitrogen and oxygen atoms in total. The molecule has 110 valence electrons. The number of hydrogen-bond donors (Lipinski definition) is 3.